The smallest absolute Gasteiger partial charge is 0.0498 e. The molecule has 1 aliphatic heterocycles. The summed E-state index contributed by atoms with van der Waals surface area (Å²) in [6, 6.07) is 32.8. The van der Waals surface area contributed by atoms with Crippen LogP contribution in [0.25, 0.3) is 0 Å². The topological polar surface area (TPSA) is 0 Å². The Morgan fingerprint density at radius 2 is 1.36 bits per heavy atom. The molecule has 3 aromatic rings. The van der Waals surface area contributed by atoms with Gasteiger partial charge in [0.2, 0.25) is 0 Å². The van der Waals surface area contributed by atoms with Crippen molar-refractivity contribution in [2.24, 2.45) is 0 Å². The van der Waals surface area contributed by atoms with Gasteiger partial charge in [0.25, 0.3) is 0 Å². The predicted molar refractivity (Wildman–Crippen MR) is 109 cm³/mol. The zero-order chi connectivity index (χ0) is 17.0. The lowest BCUT2D eigenvalue weighted by Crippen LogP contribution is -2.28. The molecule has 0 bridgehead atoms. The number of hydrogen-bond acceptors (Lipinski definition) is 1. The van der Waals surface area contributed by atoms with Crippen molar-refractivity contribution in [3.05, 3.63) is 119 Å². The Morgan fingerprint density at radius 3 is 2.04 bits per heavy atom. The number of benzene rings is 3. The Labute approximate surface area is 154 Å². The molecule has 0 N–H and O–H groups in total. The molecule has 1 aliphatic rings. The van der Waals surface area contributed by atoms with Gasteiger partial charge in [-0.1, -0.05) is 97.1 Å². The van der Waals surface area contributed by atoms with Crippen LogP contribution in [-0.4, -0.2) is 0 Å². The first-order valence-electron chi connectivity index (χ1n) is 8.85. The average molecular weight is 343 g/mol. The van der Waals surface area contributed by atoms with Crippen molar-refractivity contribution in [1.29, 1.82) is 0 Å². The maximum atomic E-state index is 2.37. The zero-order valence-corrected chi connectivity index (χ0v) is 15.0. The van der Waals surface area contributed by atoms with Crippen molar-refractivity contribution < 1.29 is 0 Å². The molecule has 0 unspecified atom stereocenters. The first kappa shape index (κ1) is 16.2. The Balaban J connectivity index is 1.72. The summed E-state index contributed by atoms with van der Waals surface area (Å²) in [4.78, 5) is 0. The van der Waals surface area contributed by atoms with Crippen LogP contribution in [0.2, 0.25) is 0 Å². The summed E-state index contributed by atoms with van der Waals surface area (Å²) in [5.74, 6) is 0.464. The van der Waals surface area contributed by atoms with Crippen molar-refractivity contribution in [3.8, 4) is 0 Å². The Kier molecular flexibility index (Phi) is 4.76. The van der Waals surface area contributed by atoms with Crippen molar-refractivity contribution >= 4 is 11.8 Å². The van der Waals surface area contributed by atoms with Crippen LogP contribution in [0.4, 0.5) is 0 Å². The lowest BCUT2D eigenvalue weighted by Gasteiger charge is -2.38. The summed E-state index contributed by atoms with van der Waals surface area (Å²) in [5.41, 5.74) is 4.24. The van der Waals surface area contributed by atoms with E-state index < -0.39 is 0 Å². The van der Waals surface area contributed by atoms with Crippen LogP contribution in [-0.2, 0) is 11.2 Å². The SMILES string of the molecule is C1=C[C@@H](c2ccccc2)C[C@@](Cc2ccccc2)(c2ccccc2)S1. The highest BCUT2D eigenvalue weighted by molar-refractivity contribution is 8.03. The minimum absolute atomic E-state index is 0.0812. The quantitative estimate of drug-likeness (QED) is 0.517. The van der Waals surface area contributed by atoms with E-state index in [0.29, 0.717) is 5.92 Å². The number of allylic oxidation sites excluding steroid dienone is 1. The Bertz CT molecular complexity index is 824. The predicted octanol–water partition coefficient (Wildman–Crippen LogP) is 6.56. The summed E-state index contributed by atoms with van der Waals surface area (Å²) in [5, 5.41) is 2.32. The second-order valence-corrected chi connectivity index (χ2v) is 7.98. The fraction of sp³-hybridized carbons (Fsp3) is 0.167. The lowest BCUT2D eigenvalue weighted by atomic mass is 9.80. The molecule has 1 heteroatoms. The first-order valence-corrected chi connectivity index (χ1v) is 9.73. The molecule has 0 aliphatic carbocycles. The van der Waals surface area contributed by atoms with Crippen molar-refractivity contribution in [2.45, 2.75) is 23.5 Å². The van der Waals surface area contributed by atoms with Gasteiger partial charge in [0.1, 0.15) is 0 Å². The molecule has 0 spiro atoms. The van der Waals surface area contributed by atoms with Crippen molar-refractivity contribution in [2.75, 3.05) is 0 Å². The molecule has 0 aromatic heterocycles. The second-order valence-electron chi connectivity index (χ2n) is 6.69. The van der Waals surface area contributed by atoms with Gasteiger partial charge in [-0.2, -0.15) is 0 Å². The van der Waals surface area contributed by atoms with Gasteiger partial charge >= 0.3 is 0 Å². The van der Waals surface area contributed by atoms with E-state index in [2.05, 4.69) is 102 Å². The van der Waals surface area contributed by atoms with Gasteiger partial charge in [-0.05, 0) is 34.9 Å². The summed E-state index contributed by atoms with van der Waals surface area (Å²) in [7, 11) is 0. The van der Waals surface area contributed by atoms with Gasteiger partial charge < -0.3 is 0 Å². The molecule has 0 amide bonds. The highest BCUT2D eigenvalue weighted by Gasteiger charge is 2.37. The number of thioether (sulfide) groups is 1. The molecule has 0 saturated carbocycles. The van der Waals surface area contributed by atoms with E-state index in [9.17, 15) is 0 Å². The maximum Gasteiger partial charge on any atom is 0.0498 e. The van der Waals surface area contributed by atoms with E-state index in [1.807, 2.05) is 11.8 Å². The second kappa shape index (κ2) is 7.33. The van der Waals surface area contributed by atoms with Crippen LogP contribution < -0.4 is 0 Å². The van der Waals surface area contributed by atoms with Crippen LogP contribution in [0.3, 0.4) is 0 Å². The van der Waals surface area contributed by atoms with Gasteiger partial charge in [0.05, 0.1) is 0 Å². The van der Waals surface area contributed by atoms with E-state index in [1.165, 1.54) is 16.7 Å². The third-order valence-electron chi connectivity index (χ3n) is 5.01. The Hall–Kier alpha value is -2.25. The van der Waals surface area contributed by atoms with E-state index in [4.69, 9.17) is 0 Å². The zero-order valence-electron chi connectivity index (χ0n) is 14.2. The molecule has 2 atom stereocenters. The largest absolute Gasteiger partial charge is 0.122 e. The van der Waals surface area contributed by atoms with E-state index in [-0.39, 0.29) is 4.75 Å². The molecule has 0 nitrogen and oxygen atoms in total. The average Bonchev–Trinajstić information content (AvgIpc) is 2.70. The lowest BCUT2D eigenvalue weighted by molar-refractivity contribution is 0.529. The molecule has 4 rings (SSSR count). The first-order chi connectivity index (χ1) is 12.4. The van der Waals surface area contributed by atoms with Gasteiger partial charge in [0.15, 0.2) is 0 Å². The monoisotopic (exact) mass is 342 g/mol. The summed E-state index contributed by atoms with van der Waals surface area (Å²) >= 11 is 1.98. The molecule has 0 fully saturated rings. The molecule has 0 radical (unpaired) electrons. The number of hydrogen-bond donors (Lipinski definition) is 0. The summed E-state index contributed by atoms with van der Waals surface area (Å²) in [6.45, 7) is 0. The minimum Gasteiger partial charge on any atom is -0.122 e. The van der Waals surface area contributed by atoms with Gasteiger partial charge in [-0.3, -0.25) is 0 Å². The van der Waals surface area contributed by atoms with Crippen molar-refractivity contribution in [1.82, 2.24) is 0 Å². The normalized spacial score (nSPS) is 22.6. The third kappa shape index (κ3) is 3.57. The van der Waals surface area contributed by atoms with Gasteiger partial charge in [0, 0.05) is 10.7 Å². The molecular weight excluding hydrogens is 320 g/mol. The summed E-state index contributed by atoms with van der Waals surface area (Å²) < 4.78 is 0.0812. The molecule has 124 valence electrons. The fourth-order valence-electron chi connectivity index (χ4n) is 3.73. The van der Waals surface area contributed by atoms with Gasteiger partial charge in [-0.15, -0.1) is 11.8 Å². The van der Waals surface area contributed by atoms with Crippen LogP contribution in [0.1, 0.15) is 29.0 Å². The highest BCUT2D eigenvalue weighted by Crippen LogP contribution is 2.50. The number of rotatable bonds is 4. The van der Waals surface area contributed by atoms with Crippen LogP contribution in [0.5, 0.6) is 0 Å². The van der Waals surface area contributed by atoms with Crippen LogP contribution >= 0.6 is 11.8 Å². The van der Waals surface area contributed by atoms with Crippen LogP contribution in [0.15, 0.2) is 102 Å². The molecule has 3 aromatic carbocycles. The van der Waals surface area contributed by atoms with Gasteiger partial charge in [-0.25, -0.2) is 0 Å². The third-order valence-corrected chi connectivity index (χ3v) is 6.31. The minimum atomic E-state index is 0.0812. The van der Waals surface area contributed by atoms with Crippen molar-refractivity contribution in [3.63, 3.8) is 0 Å². The molecule has 1 heterocycles. The fourth-order valence-corrected chi connectivity index (χ4v) is 5.06. The Morgan fingerprint density at radius 1 is 0.760 bits per heavy atom. The standard InChI is InChI=1S/C24H22S/c1-4-10-20(11-5-1)18-24(23-14-8-3-9-15-23)19-22(16-17-25-24)21-12-6-2-7-13-21/h1-17,22H,18-19H2/t22-,24+/m1/s1. The van der Waals surface area contributed by atoms with Crippen LogP contribution in [0, 0.1) is 0 Å². The van der Waals surface area contributed by atoms with E-state index in [0.717, 1.165) is 12.8 Å². The molecule has 25 heavy (non-hydrogen) atoms. The molecular formula is C24H22S. The van der Waals surface area contributed by atoms with E-state index >= 15 is 0 Å². The van der Waals surface area contributed by atoms with E-state index in [1.54, 1.807) is 0 Å². The summed E-state index contributed by atoms with van der Waals surface area (Å²) in [6.07, 6.45) is 4.54. The molecule has 0 saturated heterocycles. The maximum absolute atomic E-state index is 2.37. The highest BCUT2D eigenvalue weighted by atomic mass is 32.2.